The minimum absolute atomic E-state index is 0.126. The molecule has 0 amide bonds. The molecule has 0 aliphatic rings. The summed E-state index contributed by atoms with van der Waals surface area (Å²) in [5.41, 5.74) is -0.126. The molecule has 0 aliphatic heterocycles. The van der Waals surface area contributed by atoms with Gasteiger partial charge in [-0.05, 0) is 22.9 Å². The molecular formula is C9H8BrN3O2. The predicted octanol–water partition coefficient (Wildman–Crippen LogP) is 1.35. The topological polar surface area (TPSA) is 60.9 Å². The highest BCUT2D eigenvalue weighted by molar-refractivity contribution is 9.10. The summed E-state index contributed by atoms with van der Waals surface area (Å²) < 4.78 is 6.89. The smallest absolute Gasteiger partial charge is 0.268 e. The average molecular weight is 270 g/mol. The SMILES string of the molecule is Cc1ncc(Br)c(=O)n1Cc1ccno1. The molecule has 6 heteroatoms. The van der Waals surface area contributed by atoms with Crippen molar-refractivity contribution in [2.45, 2.75) is 13.5 Å². The second-order valence-corrected chi connectivity index (χ2v) is 3.88. The van der Waals surface area contributed by atoms with Crippen molar-refractivity contribution in [1.82, 2.24) is 14.7 Å². The Kier molecular flexibility index (Phi) is 2.68. The van der Waals surface area contributed by atoms with Crippen LogP contribution in [0, 0.1) is 6.92 Å². The van der Waals surface area contributed by atoms with Crippen molar-refractivity contribution >= 4 is 15.9 Å². The van der Waals surface area contributed by atoms with E-state index in [9.17, 15) is 4.79 Å². The predicted molar refractivity (Wildman–Crippen MR) is 56.5 cm³/mol. The van der Waals surface area contributed by atoms with Gasteiger partial charge in [-0.3, -0.25) is 9.36 Å². The molecule has 0 atom stereocenters. The van der Waals surface area contributed by atoms with E-state index in [1.807, 2.05) is 0 Å². The molecule has 0 saturated heterocycles. The van der Waals surface area contributed by atoms with Crippen LogP contribution in [0.15, 0.2) is 32.3 Å². The van der Waals surface area contributed by atoms with Crippen LogP contribution in [0.5, 0.6) is 0 Å². The van der Waals surface area contributed by atoms with Gasteiger partial charge in [0.15, 0.2) is 5.76 Å². The average Bonchev–Trinajstić information content (AvgIpc) is 2.71. The molecule has 2 aromatic rings. The zero-order valence-corrected chi connectivity index (χ0v) is 9.56. The van der Waals surface area contributed by atoms with E-state index in [1.54, 1.807) is 19.2 Å². The van der Waals surface area contributed by atoms with E-state index in [0.717, 1.165) is 0 Å². The van der Waals surface area contributed by atoms with Gasteiger partial charge in [-0.15, -0.1) is 0 Å². The third-order valence-electron chi connectivity index (χ3n) is 2.01. The molecule has 0 saturated carbocycles. The molecule has 2 rings (SSSR count). The van der Waals surface area contributed by atoms with Gasteiger partial charge in [0.05, 0.1) is 12.7 Å². The molecule has 0 aromatic carbocycles. The van der Waals surface area contributed by atoms with Gasteiger partial charge in [0.25, 0.3) is 5.56 Å². The molecule has 15 heavy (non-hydrogen) atoms. The van der Waals surface area contributed by atoms with Crippen molar-refractivity contribution in [3.63, 3.8) is 0 Å². The second-order valence-electron chi connectivity index (χ2n) is 3.02. The summed E-state index contributed by atoms with van der Waals surface area (Å²) in [6, 6.07) is 1.72. The molecule has 2 aromatic heterocycles. The number of hydrogen-bond donors (Lipinski definition) is 0. The Morgan fingerprint density at radius 1 is 1.60 bits per heavy atom. The fraction of sp³-hybridized carbons (Fsp3) is 0.222. The summed E-state index contributed by atoms with van der Waals surface area (Å²) in [6.07, 6.45) is 3.04. The summed E-state index contributed by atoms with van der Waals surface area (Å²) in [6.45, 7) is 2.11. The standard InChI is InChI=1S/C9H8BrN3O2/c1-6-11-4-8(10)9(14)13(6)5-7-2-3-12-15-7/h2-4H,5H2,1H3. The zero-order valence-electron chi connectivity index (χ0n) is 7.98. The third-order valence-corrected chi connectivity index (χ3v) is 2.55. The maximum atomic E-state index is 11.7. The van der Waals surface area contributed by atoms with Gasteiger partial charge < -0.3 is 4.52 Å². The molecule has 5 nitrogen and oxygen atoms in total. The Morgan fingerprint density at radius 2 is 2.40 bits per heavy atom. The van der Waals surface area contributed by atoms with Crippen molar-refractivity contribution < 1.29 is 4.52 Å². The van der Waals surface area contributed by atoms with Gasteiger partial charge in [0.1, 0.15) is 10.3 Å². The van der Waals surface area contributed by atoms with Crippen LogP contribution in [-0.2, 0) is 6.54 Å². The van der Waals surface area contributed by atoms with Crippen LogP contribution in [0.4, 0.5) is 0 Å². The van der Waals surface area contributed by atoms with E-state index in [0.29, 0.717) is 22.6 Å². The quantitative estimate of drug-likeness (QED) is 0.826. The molecule has 0 bridgehead atoms. The van der Waals surface area contributed by atoms with Gasteiger partial charge in [-0.25, -0.2) is 4.98 Å². The van der Waals surface area contributed by atoms with E-state index in [4.69, 9.17) is 4.52 Å². The molecule has 78 valence electrons. The van der Waals surface area contributed by atoms with Gasteiger partial charge in [-0.1, -0.05) is 5.16 Å². The largest absolute Gasteiger partial charge is 0.359 e. The summed E-state index contributed by atoms with van der Waals surface area (Å²) in [5.74, 6) is 1.26. The highest BCUT2D eigenvalue weighted by atomic mass is 79.9. The number of aromatic nitrogens is 3. The van der Waals surface area contributed by atoms with E-state index in [1.165, 1.54) is 10.8 Å². The van der Waals surface area contributed by atoms with E-state index in [-0.39, 0.29) is 5.56 Å². The maximum Gasteiger partial charge on any atom is 0.268 e. The van der Waals surface area contributed by atoms with Gasteiger partial charge in [-0.2, -0.15) is 0 Å². The van der Waals surface area contributed by atoms with E-state index >= 15 is 0 Å². The Bertz CT molecular complexity index is 519. The monoisotopic (exact) mass is 269 g/mol. The second kappa shape index (κ2) is 3.98. The van der Waals surface area contributed by atoms with Crippen LogP contribution in [-0.4, -0.2) is 14.7 Å². The van der Waals surface area contributed by atoms with Crippen molar-refractivity contribution in [1.29, 1.82) is 0 Å². The van der Waals surface area contributed by atoms with Crippen molar-refractivity contribution in [2.24, 2.45) is 0 Å². The van der Waals surface area contributed by atoms with Gasteiger partial charge >= 0.3 is 0 Å². The van der Waals surface area contributed by atoms with Crippen LogP contribution in [0.1, 0.15) is 11.6 Å². The first-order valence-electron chi connectivity index (χ1n) is 4.30. The van der Waals surface area contributed by atoms with Crippen molar-refractivity contribution in [3.05, 3.63) is 44.9 Å². The van der Waals surface area contributed by atoms with Crippen LogP contribution in [0.25, 0.3) is 0 Å². The van der Waals surface area contributed by atoms with Gasteiger partial charge in [0.2, 0.25) is 0 Å². The molecule has 0 aliphatic carbocycles. The number of hydrogen-bond acceptors (Lipinski definition) is 4. The molecule has 0 radical (unpaired) electrons. The van der Waals surface area contributed by atoms with E-state index < -0.39 is 0 Å². The first-order valence-corrected chi connectivity index (χ1v) is 5.09. The lowest BCUT2D eigenvalue weighted by atomic mass is 10.4. The number of aryl methyl sites for hydroxylation is 1. The minimum Gasteiger partial charge on any atom is -0.359 e. The number of nitrogens with zero attached hydrogens (tertiary/aromatic N) is 3. The van der Waals surface area contributed by atoms with Gasteiger partial charge in [0, 0.05) is 12.3 Å². The maximum absolute atomic E-state index is 11.7. The zero-order chi connectivity index (χ0) is 10.8. The summed E-state index contributed by atoms with van der Waals surface area (Å²) in [5, 5.41) is 3.58. The normalized spacial score (nSPS) is 10.5. The molecule has 0 N–H and O–H groups in total. The Labute approximate surface area is 93.9 Å². The molecule has 0 unspecified atom stereocenters. The third kappa shape index (κ3) is 1.99. The first kappa shape index (κ1) is 10.1. The number of halogens is 1. The van der Waals surface area contributed by atoms with Crippen LogP contribution in [0.2, 0.25) is 0 Å². The number of rotatable bonds is 2. The fourth-order valence-electron chi connectivity index (χ4n) is 1.22. The van der Waals surface area contributed by atoms with Crippen LogP contribution in [0.3, 0.4) is 0 Å². The Hall–Kier alpha value is -1.43. The molecule has 2 heterocycles. The molecule has 0 fully saturated rings. The van der Waals surface area contributed by atoms with Crippen LogP contribution < -0.4 is 5.56 Å². The highest BCUT2D eigenvalue weighted by Gasteiger charge is 2.07. The Balaban J connectivity index is 2.44. The van der Waals surface area contributed by atoms with E-state index in [2.05, 4.69) is 26.1 Å². The fourth-order valence-corrected chi connectivity index (χ4v) is 1.53. The summed E-state index contributed by atoms with van der Waals surface area (Å²) >= 11 is 3.14. The lowest BCUT2D eigenvalue weighted by Gasteiger charge is -2.06. The lowest BCUT2D eigenvalue weighted by Crippen LogP contribution is -2.24. The summed E-state index contributed by atoms with van der Waals surface area (Å²) in [7, 11) is 0. The lowest BCUT2D eigenvalue weighted by molar-refractivity contribution is 0.373. The minimum atomic E-state index is -0.126. The van der Waals surface area contributed by atoms with Crippen LogP contribution >= 0.6 is 15.9 Å². The van der Waals surface area contributed by atoms with Crippen molar-refractivity contribution in [2.75, 3.05) is 0 Å². The Morgan fingerprint density at radius 3 is 3.07 bits per heavy atom. The summed E-state index contributed by atoms with van der Waals surface area (Å²) in [4.78, 5) is 15.8. The molecular weight excluding hydrogens is 262 g/mol. The molecule has 0 spiro atoms. The van der Waals surface area contributed by atoms with Crippen molar-refractivity contribution in [3.8, 4) is 0 Å². The highest BCUT2D eigenvalue weighted by Crippen LogP contribution is 2.04. The first-order chi connectivity index (χ1) is 7.18.